The third-order valence-electron chi connectivity index (χ3n) is 8.73. The molecular weight excluding hydrogens is 528 g/mol. The Balaban J connectivity index is 0.996. The molecule has 0 spiro atoms. The van der Waals surface area contributed by atoms with E-state index in [0.29, 0.717) is 62.0 Å². The van der Waals surface area contributed by atoms with Crippen LogP contribution in [0.25, 0.3) is 0 Å². The molecule has 2 atom stereocenters. The quantitative estimate of drug-likeness (QED) is 0.458. The van der Waals surface area contributed by atoms with Gasteiger partial charge in [-0.2, -0.15) is 0 Å². The summed E-state index contributed by atoms with van der Waals surface area (Å²) in [7, 11) is 0. The third kappa shape index (κ3) is 7.02. The molecule has 2 aromatic rings. The zero-order valence-corrected chi connectivity index (χ0v) is 23.9. The van der Waals surface area contributed by atoms with Crippen molar-refractivity contribution in [1.82, 2.24) is 9.80 Å². The van der Waals surface area contributed by atoms with Crippen molar-refractivity contribution < 1.29 is 19.2 Å². The molecule has 2 N–H and O–H groups in total. The van der Waals surface area contributed by atoms with Crippen molar-refractivity contribution in [3.63, 3.8) is 0 Å². The Labute approximate surface area is 247 Å². The Bertz CT molecular complexity index is 1290. The molecule has 4 fully saturated rings. The maximum Gasteiger partial charge on any atom is 0.247 e. The fraction of sp³-hybridized carbons (Fsp3) is 0.471. The van der Waals surface area contributed by atoms with E-state index in [1.807, 2.05) is 48.5 Å². The number of carbonyl (C=O) groups is 4. The molecule has 2 saturated heterocycles. The number of hydrogen-bond acceptors (Lipinski definition) is 4. The molecule has 218 valence electrons. The molecule has 6 rings (SSSR count). The van der Waals surface area contributed by atoms with E-state index < -0.39 is 12.1 Å². The van der Waals surface area contributed by atoms with Crippen LogP contribution in [0.1, 0.15) is 75.3 Å². The van der Waals surface area contributed by atoms with Crippen molar-refractivity contribution in [3.8, 4) is 11.8 Å². The van der Waals surface area contributed by atoms with Crippen LogP contribution in [0.3, 0.4) is 0 Å². The minimum absolute atomic E-state index is 0.104. The number of amides is 4. The minimum atomic E-state index is -0.393. The maximum absolute atomic E-state index is 12.9. The van der Waals surface area contributed by atoms with E-state index >= 15 is 0 Å². The summed E-state index contributed by atoms with van der Waals surface area (Å²) < 4.78 is 0. The molecule has 0 aromatic heterocycles. The molecule has 2 saturated carbocycles. The van der Waals surface area contributed by atoms with Gasteiger partial charge in [0.25, 0.3) is 0 Å². The fourth-order valence-corrected chi connectivity index (χ4v) is 5.92. The maximum atomic E-state index is 12.9. The highest BCUT2D eigenvalue weighted by atomic mass is 16.2. The molecule has 4 aliphatic rings. The lowest BCUT2D eigenvalue weighted by molar-refractivity contribution is -0.137. The van der Waals surface area contributed by atoms with Crippen LogP contribution in [0.15, 0.2) is 48.5 Å². The first kappa shape index (κ1) is 28.0. The monoisotopic (exact) mass is 566 g/mol. The third-order valence-corrected chi connectivity index (χ3v) is 8.73. The summed E-state index contributed by atoms with van der Waals surface area (Å²) in [4.78, 5) is 54.5. The average Bonchev–Trinajstić information content (AvgIpc) is 3.87. The van der Waals surface area contributed by atoms with Crippen molar-refractivity contribution in [3.05, 3.63) is 59.7 Å². The molecule has 2 aliphatic carbocycles. The lowest BCUT2D eigenvalue weighted by Crippen LogP contribution is -2.43. The summed E-state index contributed by atoms with van der Waals surface area (Å²) in [6, 6.07) is 14.0. The summed E-state index contributed by atoms with van der Waals surface area (Å²) in [5.74, 6) is 7.25. The number of likely N-dealkylation sites (tertiary alicyclic amines) is 2. The second-order valence-corrected chi connectivity index (χ2v) is 12.2. The van der Waals surface area contributed by atoms with Crippen LogP contribution in [-0.2, 0) is 19.2 Å². The minimum Gasteiger partial charge on any atom is -0.331 e. The second-order valence-electron chi connectivity index (χ2n) is 12.2. The van der Waals surface area contributed by atoms with Gasteiger partial charge in [-0.1, -0.05) is 11.8 Å². The van der Waals surface area contributed by atoms with Gasteiger partial charge in [0.05, 0.1) is 0 Å². The molecule has 2 aliphatic heterocycles. The van der Waals surface area contributed by atoms with Crippen LogP contribution in [-0.4, -0.2) is 58.6 Å². The van der Waals surface area contributed by atoms with Gasteiger partial charge in [-0.25, -0.2) is 0 Å². The molecule has 0 bridgehead atoms. The molecule has 8 heteroatoms. The van der Waals surface area contributed by atoms with Gasteiger partial charge in [-0.05, 0) is 112 Å². The van der Waals surface area contributed by atoms with Gasteiger partial charge in [0.1, 0.15) is 12.1 Å². The number of anilines is 2. The first-order valence-electron chi connectivity index (χ1n) is 15.4. The molecule has 2 unspecified atom stereocenters. The molecular formula is C34H38N4O4. The van der Waals surface area contributed by atoms with Crippen molar-refractivity contribution in [2.75, 3.05) is 23.7 Å². The number of nitrogens with zero attached hydrogens (tertiary/aromatic N) is 2. The van der Waals surface area contributed by atoms with Crippen LogP contribution in [0.2, 0.25) is 0 Å². The number of hydrogen-bond donors (Lipinski definition) is 2. The molecule has 4 amide bonds. The predicted octanol–water partition coefficient (Wildman–Crippen LogP) is 4.55. The van der Waals surface area contributed by atoms with Crippen molar-refractivity contribution in [1.29, 1.82) is 0 Å². The van der Waals surface area contributed by atoms with Crippen molar-refractivity contribution in [2.24, 2.45) is 11.8 Å². The van der Waals surface area contributed by atoms with Gasteiger partial charge in [0.15, 0.2) is 0 Å². The molecule has 0 radical (unpaired) electrons. The predicted molar refractivity (Wildman–Crippen MR) is 160 cm³/mol. The van der Waals surface area contributed by atoms with Gasteiger partial charge >= 0.3 is 0 Å². The second kappa shape index (κ2) is 12.4. The zero-order valence-electron chi connectivity index (χ0n) is 23.9. The number of carbonyl (C=O) groups excluding carboxylic acids is 4. The van der Waals surface area contributed by atoms with Crippen molar-refractivity contribution >= 4 is 35.0 Å². The fourth-order valence-electron chi connectivity index (χ4n) is 5.92. The lowest BCUT2D eigenvalue weighted by atomic mass is 10.1. The summed E-state index contributed by atoms with van der Waals surface area (Å²) in [6.45, 7) is 1.32. The molecule has 42 heavy (non-hydrogen) atoms. The summed E-state index contributed by atoms with van der Waals surface area (Å²) in [5.41, 5.74) is 2.98. The van der Waals surface area contributed by atoms with Gasteiger partial charge in [0.2, 0.25) is 23.6 Å². The van der Waals surface area contributed by atoms with Gasteiger partial charge in [-0.3, -0.25) is 19.2 Å². The SMILES string of the molecule is O=C(Nc1ccc(C#Cc2ccc(NC(=O)C3CCCN3C(=O)CC3CC3)cc2)cc1)C1CCCN1C(=O)CC1CC1. The van der Waals surface area contributed by atoms with Gasteiger partial charge < -0.3 is 20.4 Å². The molecule has 8 nitrogen and oxygen atoms in total. The van der Waals surface area contributed by atoms with E-state index in [9.17, 15) is 19.2 Å². The van der Waals surface area contributed by atoms with Crippen LogP contribution in [0.5, 0.6) is 0 Å². The standard InChI is InChI=1S/C34H38N4O4/c39-31(21-25-7-8-25)37-19-1-3-29(37)33(41)35-27-15-11-23(12-16-27)5-6-24-13-17-28(18-14-24)36-34(42)30-4-2-20-38(30)32(40)22-26-9-10-26/h11-18,25-26,29-30H,1-4,7-10,19-22H2,(H,35,41)(H,36,42). The Morgan fingerprint density at radius 2 is 0.976 bits per heavy atom. The number of rotatable bonds is 8. The number of benzene rings is 2. The van der Waals surface area contributed by atoms with E-state index in [4.69, 9.17) is 0 Å². The molecule has 2 heterocycles. The van der Waals surface area contributed by atoms with E-state index in [0.717, 1.165) is 49.7 Å². The summed E-state index contributed by atoms with van der Waals surface area (Å²) in [5, 5.41) is 5.93. The van der Waals surface area contributed by atoms with Crippen LogP contribution >= 0.6 is 0 Å². The Hall–Kier alpha value is -4.12. The smallest absolute Gasteiger partial charge is 0.247 e. The highest BCUT2D eigenvalue weighted by Gasteiger charge is 2.37. The van der Waals surface area contributed by atoms with E-state index in [-0.39, 0.29) is 23.6 Å². The highest BCUT2D eigenvalue weighted by Crippen LogP contribution is 2.35. The normalized spacial score (nSPS) is 21.4. The Morgan fingerprint density at radius 1 is 0.595 bits per heavy atom. The average molecular weight is 567 g/mol. The van der Waals surface area contributed by atoms with Crippen molar-refractivity contribution in [2.45, 2.75) is 76.3 Å². The van der Waals surface area contributed by atoms with E-state index in [1.54, 1.807) is 9.80 Å². The molecule has 2 aromatic carbocycles. The van der Waals surface area contributed by atoms with Crippen LogP contribution < -0.4 is 10.6 Å². The van der Waals surface area contributed by atoms with Gasteiger partial charge in [-0.15, -0.1) is 0 Å². The Kier molecular flexibility index (Phi) is 8.27. The first-order valence-corrected chi connectivity index (χ1v) is 15.4. The summed E-state index contributed by atoms with van der Waals surface area (Å²) >= 11 is 0. The van der Waals surface area contributed by atoms with E-state index in [2.05, 4.69) is 22.5 Å². The largest absolute Gasteiger partial charge is 0.331 e. The lowest BCUT2D eigenvalue weighted by Gasteiger charge is -2.24. The van der Waals surface area contributed by atoms with Crippen LogP contribution in [0, 0.1) is 23.7 Å². The van der Waals surface area contributed by atoms with Crippen LogP contribution in [0.4, 0.5) is 11.4 Å². The number of nitrogens with one attached hydrogen (secondary N) is 2. The zero-order chi connectivity index (χ0) is 29.1. The summed E-state index contributed by atoms with van der Waals surface area (Å²) in [6.07, 6.45) is 8.75. The highest BCUT2D eigenvalue weighted by molar-refractivity contribution is 5.98. The first-order chi connectivity index (χ1) is 20.4. The van der Waals surface area contributed by atoms with Gasteiger partial charge in [0, 0.05) is 48.4 Å². The topological polar surface area (TPSA) is 98.8 Å². The van der Waals surface area contributed by atoms with E-state index in [1.165, 1.54) is 0 Å². The Morgan fingerprint density at radius 3 is 1.33 bits per heavy atom.